The van der Waals surface area contributed by atoms with Gasteiger partial charge in [-0.05, 0) is 46.2 Å². The van der Waals surface area contributed by atoms with Crippen molar-refractivity contribution in [2.75, 3.05) is 40.3 Å². The molecular formula is C15H25FN2O. The van der Waals surface area contributed by atoms with E-state index in [1.54, 1.807) is 18.2 Å². The van der Waals surface area contributed by atoms with Crippen LogP contribution in [-0.4, -0.2) is 55.2 Å². The van der Waals surface area contributed by atoms with E-state index in [4.69, 9.17) is 0 Å². The number of halogens is 1. The summed E-state index contributed by atoms with van der Waals surface area (Å²) in [5.41, 5.74) is 0.383. The van der Waals surface area contributed by atoms with E-state index < -0.39 is 6.10 Å². The van der Waals surface area contributed by atoms with E-state index in [0.717, 1.165) is 26.1 Å². The van der Waals surface area contributed by atoms with Gasteiger partial charge in [-0.25, -0.2) is 4.39 Å². The second-order valence-electron chi connectivity index (χ2n) is 5.09. The molecule has 0 bridgehead atoms. The Balaban J connectivity index is 2.49. The molecule has 1 rings (SSSR count). The van der Waals surface area contributed by atoms with E-state index in [2.05, 4.69) is 16.7 Å². The maximum absolute atomic E-state index is 13.6. The highest BCUT2D eigenvalue weighted by atomic mass is 19.1. The summed E-state index contributed by atoms with van der Waals surface area (Å²) in [6.45, 7) is 5.33. The molecule has 3 nitrogen and oxygen atoms in total. The molecule has 4 heteroatoms. The first kappa shape index (κ1) is 16.1. The van der Waals surface area contributed by atoms with Crippen molar-refractivity contribution >= 4 is 0 Å². The van der Waals surface area contributed by atoms with Crippen molar-refractivity contribution in [3.63, 3.8) is 0 Å². The third-order valence-electron chi connectivity index (χ3n) is 3.22. The lowest BCUT2D eigenvalue weighted by molar-refractivity contribution is 0.111. The summed E-state index contributed by atoms with van der Waals surface area (Å²) in [6.07, 6.45) is 0.283. The molecule has 1 aromatic carbocycles. The van der Waals surface area contributed by atoms with E-state index in [-0.39, 0.29) is 5.82 Å². The first-order chi connectivity index (χ1) is 9.04. The van der Waals surface area contributed by atoms with Crippen LogP contribution in [-0.2, 0) is 0 Å². The van der Waals surface area contributed by atoms with E-state index in [1.165, 1.54) is 6.07 Å². The zero-order valence-corrected chi connectivity index (χ0v) is 12.1. The van der Waals surface area contributed by atoms with Crippen LogP contribution in [0.3, 0.4) is 0 Å². The third-order valence-corrected chi connectivity index (χ3v) is 3.22. The lowest BCUT2D eigenvalue weighted by Crippen LogP contribution is -2.31. The summed E-state index contributed by atoms with van der Waals surface area (Å²) in [4.78, 5) is 4.29. The standard InChI is InChI=1S/C15H25FN2O/c1-4-18(11-7-10-17(2)3)12-15(19)13-8-5-6-9-14(13)16/h5-6,8-9,15,19H,4,7,10-12H2,1-3H3. The molecule has 0 amide bonds. The van der Waals surface area contributed by atoms with Gasteiger partial charge < -0.3 is 14.9 Å². The molecule has 108 valence electrons. The first-order valence-corrected chi connectivity index (χ1v) is 6.84. The van der Waals surface area contributed by atoms with Gasteiger partial charge in [0.05, 0.1) is 6.10 Å². The number of hydrogen-bond donors (Lipinski definition) is 1. The average Bonchev–Trinajstić information content (AvgIpc) is 2.37. The van der Waals surface area contributed by atoms with Crippen LogP contribution in [0.1, 0.15) is 25.0 Å². The Morgan fingerprint density at radius 2 is 1.89 bits per heavy atom. The molecule has 1 unspecified atom stereocenters. The van der Waals surface area contributed by atoms with Gasteiger partial charge in [0.25, 0.3) is 0 Å². The molecule has 0 heterocycles. The number of rotatable bonds is 8. The second kappa shape index (κ2) is 8.25. The van der Waals surface area contributed by atoms with E-state index >= 15 is 0 Å². The van der Waals surface area contributed by atoms with E-state index in [1.807, 2.05) is 14.1 Å². The molecule has 0 aliphatic rings. The minimum Gasteiger partial charge on any atom is -0.387 e. The molecule has 0 aromatic heterocycles. The quantitative estimate of drug-likeness (QED) is 0.782. The third kappa shape index (κ3) is 5.68. The molecule has 0 saturated carbocycles. The summed E-state index contributed by atoms with van der Waals surface area (Å²) in [5.74, 6) is -0.334. The van der Waals surface area contributed by atoms with Crippen LogP contribution in [0.4, 0.5) is 4.39 Å². The fourth-order valence-corrected chi connectivity index (χ4v) is 2.08. The van der Waals surface area contributed by atoms with Crippen molar-refractivity contribution in [3.05, 3.63) is 35.6 Å². The van der Waals surface area contributed by atoms with Crippen LogP contribution in [0.2, 0.25) is 0 Å². The van der Waals surface area contributed by atoms with Gasteiger partial charge in [0, 0.05) is 12.1 Å². The van der Waals surface area contributed by atoms with Gasteiger partial charge in [-0.15, -0.1) is 0 Å². The highest BCUT2D eigenvalue weighted by Crippen LogP contribution is 2.17. The topological polar surface area (TPSA) is 26.7 Å². The zero-order valence-electron chi connectivity index (χ0n) is 12.1. The molecule has 1 atom stereocenters. The molecule has 19 heavy (non-hydrogen) atoms. The minimum absolute atomic E-state index is 0.334. The normalized spacial score (nSPS) is 13.2. The van der Waals surface area contributed by atoms with Gasteiger partial charge in [0.1, 0.15) is 5.82 Å². The van der Waals surface area contributed by atoms with Gasteiger partial charge >= 0.3 is 0 Å². The summed E-state index contributed by atoms with van der Waals surface area (Å²) < 4.78 is 13.6. The minimum atomic E-state index is -0.763. The molecule has 0 radical (unpaired) electrons. The van der Waals surface area contributed by atoms with Gasteiger partial charge in [0.2, 0.25) is 0 Å². The fraction of sp³-hybridized carbons (Fsp3) is 0.600. The van der Waals surface area contributed by atoms with E-state index in [0.29, 0.717) is 12.1 Å². The summed E-state index contributed by atoms with van der Waals surface area (Å²) in [6, 6.07) is 6.43. The SMILES string of the molecule is CCN(CCCN(C)C)CC(O)c1ccccc1F. The number of benzene rings is 1. The molecule has 0 aliphatic heterocycles. The maximum atomic E-state index is 13.6. The Labute approximate surface area is 115 Å². The highest BCUT2D eigenvalue weighted by molar-refractivity contribution is 5.19. The van der Waals surface area contributed by atoms with Gasteiger partial charge in [0.15, 0.2) is 0 Å². The van der Waals surface area contributed by atoms with Gasteiger partial charge in [-0.1, -0.05) is 25.1 Å². The molecule has 0 fully saturated rings. The second-order valence-corrected chi connectivity index (χ2v) is 5.09. The fourth-order valence-electron chi connectivity index (χ4n) is 2.08. The lowest BCUT2D eigenvalue weighted by atomic mass is 10.1. The number of nitrogens with zero attached hydrogens (tertiary/aromatic N) is 2. The number of hydrogen-bond acceptors (Lipinski definition) is 3. The first-order valence-electron chi connectivity index (χ1n) is 6.84. The predicted molar refractivity (Wildman–Crippen MR) is 76.6 cm³/mol. The van der Waals surface area contributed by atoms with Crippen LogP contribution >= 0.6 is 0 Å². The van der Waals surface area contributed by atoms with E-state index in [9.17, 15) is 9.50 Å². The van der Waals surface area contributed by atoms with Crippen molar-refractivity contribution < 1.29 is 9.50 Å². The molecule has 1 N–H and O–H groups in total. The summed E-state index contributed by atoms with van der Waals surface area (Å²) in [7, 11) is 4.09. The van der Waals surface area contributed by atoms with Crippen LogP contribution < -0.4 is 0 Å². The highest BCUT2D eigenvalue weighted by Gasteiger charge is 2.15. The Bertz CT molecular complexity index is 371. The Morgan fingerprint density at radius 3 is 2.47 bits per heavy atom. The molecule has 0 spiro atoms. The average molecular weight is 268 g/mol. The summed E-state index contributed by atoms with van der Waals surface area (Å²) >= 11 is 0. The smallest absolute Gasteiger partial charge is 0.129 e. The number of aliphatic hydroxyl groups is 1. The van der Waals surface area contributed by atoms with Crippen LogP contribution in [0.5, 0.6) is 0 Å². The number of aliphatic hydroxyl groups excluding tert-OH is 1. The zero-order chi connectivity index (χ0) is 14.3. The number of likely N-dealkylation sites (N-methyl/N-ethyl adjacent to an activating group) is 1. The van der Waals surface area contributed by atoms with Crippen LogP contribution in [0, 0.1) is 5.82 Å². The monoisotopic (exact) mass is 268 g/mol. The van der Waals surface area contributed by atoms with Crippen molar-refractivity contribution in [3.8, 4) is 0 Å². The van der Waals surface area contributed by atoms with Crippen molar-refractivity contribution in [1.29, 1.82) is 0 Å². The molecular weight excluding hydrogens is 243 g/mol. The van der Waals surface area contributed by atoms with Gasteiger partial charge in [-0.3, -0.25) is 0 Å². The van der Waals surface area contributed by atoms with Crippen molar-refractivity contribution in [2.45, 2.75) is 19.4 Å². The molecule has 0 saturated heterocycles. The lowest BCUT2D eigenvalue weighted by Gasteiger charge is -2.24. The predicted octanol–water partition coefficient (Wildman–Crippen LogP) is 2.13. The Morgan fingerprint density at radius 1 is 1.21 bits per heavy atom. The summed E-state index contributed by atoms with van der Waals surface area (Å²) in [5, 5.41) is 10.1. The Hall–Kier alpha value is -0.970. The maximum Gasteiger partial charge on any atom is 0.129 e. The van der Waals surface area contributed by atoms with Crippen molar-refractivity contribution in [2.24, 2.45) is 0 Å². The van der Waals surface area contributed by atoms with Crippen LogP contribution in [0.15, 0.2) is 24.3 Å². The molecule has 1 aromatic rings. The van der Waals surface area contributed by atoms with Crippen molar-refractivity contribution in [1.82, 2.24) is 9.80 Å². The Kier molecular flexibility index (Phi) is 6.99. The molecule has 0 aliphatic carbocycles. The van der Waals surface area contributed by atoms with Crippen LogP contribution in [0.25, 0.3) is 0 Å². The largest absolute Gasteiger partial charge is 0.387 e. The van der Waals surface area contributed by atoms with Gasteiger partial charge in [-0.2, -0.15) is 0 Å².